The SMILES string of the molecule is CS(=O)(=O)Nc1cc(-c2ccc(F)cc2F)cc(-c2cnc3cc(OC[C@@H]4CNCCO4)ccn23)c1. The highest BCUT2D eigenvalue weighted by Gasteiger charge is 2.16. The van der Waals surface area contributed by atoms with Crippen LogP contribution in [0.25, 0.3) is 28.0 Å². The van der Waals surface area contributed by atoms with E-state index in [9.17, 15) is 17.2 Å². The number of hydrogen-bond acceptors (Lipinski definition) is 6. The molecule has 0 radical (unpaired) electrons. The van der Waals surface area contributed by atoms with Crippen LogP contribution in [0.2, 0.25) is 0 Å². The number of fused-ring (bicyclic) bond motifs is 1. The van der Waals surface area contributed by atoms with Crippen LogP contribution in [0.5, 0.6) is 5.75 Å². The second-order valence-corrected chi connectivity index (χ2v) is 10.3. The van der Waals surface area contributed by atoms with Crippen LogP contribution in [0.4, 0.5) is 14.5 Å². The van der Waals surface area contributed by atoms with Crippen LogP contribution < -0.4 is 14.8 Å². The molecule has 1 atom stereocenters. The summed E-state index contributed by atoms with van der Waals surface area (Å²) in [6, 6.07) is 11.7. The first-order valence-electron chi connectivity index (χ1n) is 11.3. The smallest absolute Gasteiger partial charge is 0.229 e. The van der Waals surface area contributed by atoms with E-state index in [4.69, 9.17) is 9.47 Å². The molecule has 0 unspecified atom stereocenters. The van der Waals surface area contributed by atoms with Crippen molar-refractivity contribution in [3.8, 4) is 28.1 Å². The van der Waals surface area contributed by atoms with Crippen molar-refractivity contribution in [2.24, 2.45) is 0 Å². The first-order chi connectivity index (χ1) is 17.2. The summed E-state index contributed by atoms with van der Waals surface area (Å²) in [5, 5.41) is 3.26. The Balaban J connectivity index is 1.50. The highest BCUT2D eigenvalue weighted by molar-refractivity contribution is 7.92. The number of pyridine rings is 1. The Morgan fingerprint density at radius 3 is 2.75 bits per heavy atom. The molecule has 2 aromatic carbocycles. The molecule has 0 bridgehead atoms. The van der Waals surface area contributed by atoms with Gasteiger partial charge in [0.05, 0.1) is 24.8 Å². The highest BCUT2D eigenvalue weighted by atomic mass is 32.2. The molecule has 1 aliphatic rings. The maximum Gasteiger partial charge on any atom is 0.229 e. The molecule has 11 heteroatoms. The van der Waals surface area contributed by atoms with Crippen molar-refractivity contribution in [1.29, 1.82) is 0 Å². The fourth-order valence-corrected chi connectivity index (χ4v) is 4.65. The van der Waals surface area contributed by atoms with Gasteiger partial charge < -0.3 is 14.8 Å². The second-order valence-electron chi connectivity index (χ2n) is 8.54. The number of imidazole rings is 1. The number of halogens is 2. The van der Waals surface area contributed by atoms with Crippen LogP contribution >= 0.6 is 0 Å². The number of aromatic nitrogens is 2. The molecule has 2 N–H and O–H groups in total. The number of anilines is 1. The van der Waals surface area contributed by atoms with Crippen molar-refractivity contribution < 1.29 is 26.7 Å². The lowest BCUT2D eigenvalue weighted by atomic mass is 10.0. The lowest BCUT2D eigenvalue weighted by Gasteiger charge is -2.23. The van der Waals surface area contributed by atoms with Gasteiger partial charge in [-0.25, -0.2) is 22.2 Å². The van der Waals surface area contributed by atoms with Crippen molar-refractivity contribution in [2.45, 2.75) is 6.10 Å². The summed E-state index contributed by atoms with van der Waals surface area (Å²) < 4.78 is 67.6. The molecule has 0 amide bonds. The van der Waals surface area contributed by atoms with E-state index in [1.165, 1.54) is 12.1 Å². The van der Waals surface area contributed by atoms with E-state index < -0.39 is 21.7 Å². The van der Waals surface area contributed by atoms with Gasteiger partial charge in [0.15, 0.2) is 0 Å². The zero-order chi connectivity index (χ0) is 25.3. The van der Waals surface area contributed by atoms with E-state index in [-0.39, 0.29) is 17.4 Å². The summed E-state index contributed by atoms with van der Waals surface area (Å²) in [4.78, 5) is 4.46. The lowest BCUT2D eigenvalue weighted by Crippen LogP contribution is -2.41. The summed E-state index contributed by atoms with van der Waals surface area (Å²) in [6.45, 7) is 2.61. The van der Waals surface area contributed by atoms with Gasteiger partial charge in [0.1, 0.15) is 35.7 Å². The van der Waals surface area contributed by atoms with E-state index in [0.29, 0.717) is 41.4 Å². The van der Waals surface area contributed by atoms with Crippen molar-refractivity contribution in [3.05, 3.63) is 72.6 Å². The topological polar surface area (TPSA) is 94.0 Å². The molecule has 188 valence electrons. The number of ether oxygens (including phenoxy) is 2. The number of nitrogens with zero attached hydrogens (tertiary/aromatic N) is 2. The Morgan fingerprint density at radius 1 is 1.17 bits per heavy atom. The van der Waals surface area contributed by atoms with Crippen molar-refractivity contribution in [2.75, 3.05) is 37.3 Å². The quantitative estimate of drug-likeness (QED) is 0.391. The van der Waals surface area contributed by atoms with Gasteiger partial charge in [-0.2, -0.15) is 0 Å². The average molecular weight is 515 g/mol. The van der Waals surface area contributed by atoms with Crippen molar-refractivity contribution in [1.82, 2.24) is 14.7 Å². The molecule has 1 saturated heterocycles. The predicted molar refractivity (Wildman–Crippen MR) is 133 cm³/mol. The van der Waals surface area contributed by atoms with E-state index in [0.717, 1.165) is 31.5 Å². The molecule has 2 aromatic heterocycles. The third-order valence-corrected chi connectivity index (χ3v) is 6.31. The van der Waals surface area contributed by atoms with Gasteiger partial charge >= 0.3 is 0 Å². The van der Waals surface area contributed by atoms with E-state index >= 15 is 0 Å². The molecule has 0 saturated carbocycles. The Bertz CT molecular complexity index is 1520. The molecule has 0 aliphatic carbocycles. The Labute approximate surface area is 206 Å². The number of hydrogen-bond donors (Lipinski definition) is 2. The van der Waals surface area contributed by atoms with Gasteiger partial charge in [-0.3, -0.25) is 9.12 Å². The van der Waals surface area contributed by atoms with Crippen LogP contribution in [-0.2, 0) is 14.8 Å². The zero-order valence-corrected chi connectivity index (χ0v) is 20.2. The van der Waals surface area contributed by atoms with Crippen LogP contribution in [0.1, 0.15) is 0 Å². The van der Waals surface area contributed by atoms with Crippen LogP contribution in [0.3, 0.4) is 0 Å². The molecule has 3 heterocycles. The van der Waals surface area contributed by atoms with Crippen molar-refractivity contribution in [3.63, 3.8) is 0 Å². The first-order valence-corrected chi connectivity index (χ1v) is 13.2. The van der Waals surface area contributed by atoms with E-state index in [1.54, 1.807) is 36.7 Å². The normalized spacial score (nSPS) is 16.2. The highest BCUT2D eigenvalue weighted by Crippen LogP contribution is 2.33. The van der Waals surface area contributed by atoms with Gasteiger partial charge in [0.2, 0.25) is 10.0 Å². The first kappa shape index (κ1) is 24.2. The van der Waals surface area contributed by atoms with Gasteiger partial charge in [0.25, 0.3) is 0 Å². The molecular formula is C25H24F2N4O4S. The predicted octanol–water partition coefficient (Wildman–Crippen LogP) is 3.69. The van der Waals surface area contributed by atoms with Gasteiger partial charge in [-0.15, -0.1) is 0 Å². The van der Waals surface area contributed by atoms with Crippen molar-refractivity contribution >= 4 is 21.4 Å². The number of morpholine rings is 1. The van der Waals surface area contributed by atoms with Gasteiger partial charge in [-0.05, 0) is 42.0 Å². The number of nitrogens with one attached hydrogen (secondary N) is 2. The third-order valence-electron chi connectivity index (χ3n) is 5.70. The Hall–Kier alpha value is -3.54. The molecule has 1 fully saturated rings. The molecule has 8 nitrogen and oxygen atoms in total. The molecule has 36 heavy (non-hydrogen) atoms. The van der Waals surface area contributed by atoms with E-state index in [2.05, 4.69) is 15.0 Å². The Morgan fingerprint density at radius 2 is 2.00 bits per heavy atom. The van der Waals surface area contributed by atoms with Gasteiger partial charge in [0, 0.05) is 48.2 Å². The van der Waals surface area contributed by atoms with Crippen LogP contribution in [-0.4, -0.2) is 56.5 Å². The minimum Gasteiger partial charge on any atom is -0.491 e. The Kier molecular flexibility index (Phi) is 6.61. The lowest BCUT2D eigenvalue weighted by molar-refractivity contribution is 0.000198. The summed E-state index contributed by atoms with van der Waals surface area (Å²) in [7, 11) is -3.60. The molecule has 4 aromatic rings. The van der Waals surface area contributed by atoms with Crippen LogP contribution in [0, 0.1) is 11.6 Å². The van der Waals surface area contributed by atoms with E-state index in [1.807, 2.05) is 4.40 Å². The summed E-state index contributed by atoms with van der Waals surface area (Å²) in [5.74, 6) is -0.821. The average Bonchev–Trinajstić information content (AvgIpc) is 3.25. The molecule has 1 aliphatic heterocycles. The number of rotatable bonds is 7. The maximum atomic E-state index is 14.6. The zero-order valence-electron chi connectivity index (χ0n) is 19.4. The summed E-state index contributed by atoms with van der Waals surface area (Å²) >= 11 is 0. The number of benzene rings is 2. The fraction of sp³-hybridized carbons (Fsp3) is 0.240. The maximum absolute atomic E-state index is 14.6. The van der Waals surface area contributed by atoms with Crippen LogP contribution in [0.15, 0.2) is 60.9 Å². The minimum absolute atomic E-state index is 0.0272. The minimum atomic E-state index is -3.60. The van der Waals surface area contributed by atoms with Gasteiger partial charge in [-0.1, -0.05) is 0 Å². The standard InChI is InChI=1S/C25H24F2N4O4S/c1-36(32,33)30-19-9-16(22-3-2-18(26)11-23(22)27)8-17(10-19)24-14-29-25-12-20(4-6-31(24)25)35-15-21-13-28-5-7-34-21/h2-4,6,8-12,14,21,28,30H,5,7,13,15H2,1H3/t21-/m0/s1. The summed E-state index contributed by atoms with van der Waals surface area (Å²) in [6.07, 6.45) is 4.43. The molecule has 5 rings (SSSR count). The molecule has 0 spiro atoms. The largest absolute Gasteiger partial charge is 0.491 e. The number of sulfonamides is 1. The second kappa shape index (κ2) is 9.84. The third kappa shape index (κ3) is 5.48. The molecular weight excluding hydrogens is 490 g/mol. The summed E-state index contributed by atoms with van der Waals surface area (Å²) in [5.41, 5.74) is 2.61. The monoisotopic (exact) mass is 514 g/mol. The fourth-order valence-electron chi connectivity index (χ4n) is 4.11.